The summed E-state index contributed by atoms with van der Waals surface area (Å²) in [5, 5.41) is 3.08. The molecule has 1 atom stereocenters. The Morgan fingerprint density at radius 1 is 1.48 bits per heavy atom. The van der Waals surface area contributed by atoms with Crippen LogP contribution in [0.1, 0.15) is 31.5 Å². The molecular formula is C13H25N5O2S. The van der Waals surface area contributed by atoms with Crippen molar-refractivity contribution in [3.63, 3.8) is 0 Å². The molecule has 1 saturated heterocycles. The number of nitrogens with zero attached hydrogens (tertiary/aromatic N) is 2. The van der Waals surface area contributed by atoms with E-state index in [0.717, 1.165) is 37.9 Å². The summed E-state index contributed by atoms with van der Waals surface area (Å²) < 4.78 is 29.1. The second kappa shape index (κ2) is 7.88. The van der Waals surface area contributed by atoms with Crippen molar-refractivity contribution in [2.24, 2.45) is 0 Å². The van der Waals surface area contributed by atoms with Crippen LogP contribution in [0.5, 0.6) is 0 Å². The summed E-state index contributed by atoms with van der Waals surface area (Å²) in [5.74, 6) is 0.889. The Morgan fingerprint density at radius 3 is 3.05 bits per heavy atom. The zero-order valence-electron chi connectivity index (χ0n) is 12.5. The molecule has 2 heterocycles. The Morgan fingerprint density at radius 2 is 2.33 bits per heavy atom. The predicted octanol–water partition coefficient (Wildman–Crippen LogP) is 0.251. The molecule has 1 aliphatic rings. The van der Waals surface area contributed by atoms with E-state index in [1.165, 1.54) is 0 Å². The van der Waals surface area contributed by atoms with Gasteiger partial charge in [0.2, 0.25) is 0 Å². The molecule has 0 radical (unpaired) electrons. The number of H-pyrrole nitrogens is 1. The number of piperidine rings is 1. The smallest absolute Gasteiger partial charge is 0.279 e. The maximum absolute atomic E-state index is 12.4. The highest BCUT2D eigenvalue weighted by Crippen LogP contribution is 2.19. The van der Waals surface area contributed by atoms with E-state index in [1.54, 1.807) is 16.7 Å². The Balaban J connectivity index is 1.81. The molecular weight excluding hydrogens is 290 g/mol. The standard InChI is InChI=1S/C13H25N5O2S/c1-14-11-12-5-2-3-10-18(12)21(19,20)17-7-4-6-13-15-8-9-16-13/h8-9,12,14,17H,2-7,10-11H2,1H3,(H,15,16). The van der Waals surface area contributed by atoms with Gasteiger partial charge in [0.05, 0.1) is 0 Å². The number of hydrogen-bond acceptors (Lipinski definition) is 4. The van der Waals surface area contributed by atoms with Crippen LogP contribution in [0.4, 0.5) is 0 Å². The van der Waals surface area contributed by atoms with Gasteiger partial charge in [-0.05, 0) is 26.3 Å². The van der Waals surface area contributed by atoms with Crippen molar-refractivity contribution in [1.82, 2.24) is 24.3 Å². The number of aryl methyl sites for hydroxylation is 1. The number of nitrogens with one attached hydrogen (secondary N) is 3. The summed E-state index contributed by atoms with van der Waals surface area (Å²) in [4.78, 5) is 7.14. The summed E-state index contributed by atoms with van der Waals surface area (Å²) in [7, 11) is -1.53. The minimum atomic E-state index is -3.38. The molecule has 1 aromatic rings. The fraction of sp³-hybridized carbons (Fsp3) is 0.769. The van der Waals surface area contributed by atoms with Gasteiger partial charge in [-0.2, -0.15) is 12.7 Å². The molecule has 0 spiro atoms. The van der Waals surface area contributed by atoms with Crippen molar-refractivity contribution in [1.29, 1.82) is 0 Å². The van der Waals surface area contributed by atoms with Gasteiger partial charge >= 0.3 is 0 Å². The second-order valence-corrected chi connectivity index (χ2v) is 7.06. The van der Waals surface area contributed by atoms with E-state index in [-0.39, 0.29) is 6.04 Å². The van der Waals surface area contributed by atoms with Crippen molar-refractivity contribution < 1.29 is 8.42 Å². The van der Waals surface area contributed by atoms with Gasteiger partial charge < -0.3 is 10.3 Å². The lowest BCUT2D eigenvalue weighted by atomic mass is 10.1. The molecule has 0 bridgehead atoms. The largest absolute Gasteiger partial charge is 0.349 e. The molecule has 0 saturated carbocycles. The van der Waals surface area contributed by atoms with Crippen LogP contribution in [-0.2, 0) is 16.6 Å². The van der Waals surface area contributed by atoms with E-state index in [9.17, 15) is 8.42 Å². The SMILES string of the molecule is CNCC1CCCCN1S(=O)(=O)NCCCc1ncc[nH]1. The van der Waals surface area contributed by atoms with E-state index in [0.29, 0.717) is 19.6 Å². The van der Waals surface area contributed by atoms with Gasteiger partial charge in [-0.15, -0.1) is 0 Å². The van der Waals surface area contributed by atoms with Crippen LogP contribution in [0, 0.1) is 0 Å². The molecule has 1 unspecified atom stereocenters. The Hall–Kier alpha value is -0.960. The molecule has 1 aliphatic heterocycles. The maximum atomic E-state index is 12.4. The molecule has 1 aromatic heterocycles. The van der Waals surface area contributed by atoms with Crippen molar-refractivity contribution in [2.75, 3.05) is 26.7 Å². The van der Waals surface area contributed by atoms with Gasteiger partial charge in [0.15, 0.2) is 0 Å². The molecule has 1 fully saturated rings. The van der Waals surface area contributed by atoms with Gasteiger partial charge in [0.25, 0.3) is 10.2 Å². The summed E-state index contributed by atoms with van der Waals surface area (Å²) in [6, 6.07) is 0.0614. The van der Waals surface area contributed by atoms with Crippen LogP contribution in [-0.4, -0.2) is 55.4 Å². The van der Waals surface area contributed by atoms with Gasteiger partial charge in [-0.1, -0.05) is 6.42 Å². The fourth-order valence-corrected chi connectivity index (χ4v) is 4.21. The molecule has 120 valence electrons. The van der Waals surface area contributed by atoms with Crippen LogP contribution in [0.2, 0.25) is 0 Å². The zero-order chi connectivity index (χ0) is 15.1. The van der Waals surface area contributed by atoms with Crippen molar-refractivity contribution in [2.45, 2.75) is 38.1 Å². The fourth-order valence-electron chi connectivity index (χ4n) is 2.70. The second-order valence-electron chi connectivity index (χ2n) is 5.36. The number of rotatable bonds is 8. The number of aromatic amines is 1. The molecule has 3 N–H and O–H groups in total. The number of likely N-dealkylation sites (N-methyl/N-ethyl adjacent to an activating group) is 1. The van der Waals surface area contributed by atoms with E-state index in [4.69, 9.17) is 0 Å². The average Bonchev–Trinajstić information content (AvgIpc) is 2.98. The summed E-state index contributed by atoms with van der Waals surface area (Å²) in [6.07, 6.45) is 7.91. The summed E-state index contributed by atoms with van der Waals surface area (Å²) in [5.41, 5.74) is 0. The first kappa shape index (κ1) is 16.4. The van der Waals surface area contributed by atoms with E-state index >= 15 is 0 Å². The van der Waals surface area contributed by atoms with Crippen LogP contribution < -0.4 is 10.0 Å². The third kappa shape index (κ3) is 4.77. The highest BCUT2D eigenvalue weighted by Gasteiger charge is 2.31. The minimum absolute atomic E-state index is 0.0614. The quantitative estimate of drug-likeness (QED) is 0.600. The lowest BCUT2D eigenvalue weighted by Gasteiger charge is -2.34. The lowest BCUT2D eigenvalue weighted by Crippen LogP contribution is -2.52. The van der Waals surface area contributed by atoms with Crippen LogP contribution >= 0.6 is 0 Å². The van der Waals surface area contributed by atoms with E-state index in [1.807, 2.05) is 7.05 Å². The Labute approximate surface area is 126 Å². The highest BCUT2D eigenvalue weighted by atomic mass is 32.2. The molecule has 2 rings (SSSR count). The van der Waals surface area contributed by atoms with Gasteiger partial charge in [-0.3, -0.25) is 0 Å². The van der Waals surface area contributed by atoms with Gasteiger partial charge in [0, 0.05) is 44.5 Å². The Kier molecular flexibility index (Phi) is 6.16. The molecule has 0 aromatic carbocycles. The molecule has 0 amide bonds. The first-order valence-electron chi connectivity index (χ1n) is 7.53. The monoisotopic (exact) mass is 315 g/mol. The van der Waals surface area contributed by atoms with Gasteiger partial charge in [0.1, 0.15) is 5.82 Å². The van der Waals surface area contributed by atoms with Crippen LogP contribution in [0.15, 0.2) is 12.4 Å². The highest BCUT2D eigenvalue weighted by molar-refractivity contribution is 7.87. The maximum Gasteiger partial charge on any atom is 0.279 e. The van der Waals surface area contributed by atoms with Gasteiger partial charge in [-0.25, -0.2) is 9.71 Å². The third-order valence-electron chi connectivity index (χ3n) is 3.75. The third-order valence-corrected chi connectivity index (χ3v) is 5.42. The van der Waals surface area contributed by atoms with Crippen molar-refractivity contribution in [3.8, 4) is 0 Å². The normalized spacial score (nSPS) is 20.7. The molecule has 0 aliphatic carbocycles. The average molecular weight is 315 g/mol. The number of hydrogen-bond donors (Lipinski definition) is 3. The first-order valence-corrected chi connectivity index (χ1v) is 8.97. The van der Waals surface area contributed by atoms with E-state index in [2.05, 4.69) is 20.0 Å². The molecule has 8 heteroatoms. The topological polar surface area (TPSA) is 90.1 Å². The minimum Gasteiger partial charge on any atom is -0.349 e. The van der Waals surface area contributed by atoms with Crippen molar-refractivity contribution in [3.05, 3.63) is 18.2 Å². The predicted molar refractivity (Wildman–Crippen MR) is 82.1 cm³/mol. The van der Waals surface area contributed by atoms with E-state index < -0.39 is 10.2 Å². The number of aromatic nitrogens is 2. The van der Waals surface area contributed by atoms with Crippen LogP contribution in [0.3, 0.4) is 0 Å². The Bertz CT molecular complexity index is 501. The first-order chi connectivity index (χ1) is 10.1. The van der Waals surface area contributed by atoms with Crippen LogP contribution in [0.25, 0.3) is 0 Å². The zero-order valence-corrected chi connectivity index (χ0v) is 13.3. The molecule has 21 heavy (non-hydrogen) atoms. The lowest BCUT2D eigenvalue weighted by molar-refractivity contribution is 0.246. The van der Waals surface area contributed by atoms with Crippen molar-refractivity contribution >= 4 is 10.2 Å². The summed E-state index contributed by atoms with van der Waals surface area (Å²) in [6.45, 7) is 1.75. The summed E-state index contributed by atoms with van der Waals surface area (Å²) >= 11 is 0. The number of imidazole rings is 1. The molecule has 7 nitrogen and oxygen atoms in total.